The van der Waals surface area contributed by atoms with E-state index in [2.05, 4.69) is 5.10 Å². The van der Waals surface area contributed by atoms with E-state index in [9.17, 15) is 14.4 Å². The van der Waals surface area contributed by atoms with Crippen molar-refractivity contribution in [2.45, 2.75) is 12.8 Å². The average Bonchev–Trinajstić information content (AvgIpc) is 3.01. The highest BCUT2D eigenvalue weighted by Gasteiger charge is 2.56. The van der Waals surface area contributed by atoms with Crippen molar-refractivity contribution in [3.63, 3.8) is 0 Å². The first-order valence-electron chi connectivity index (χ1n) is 13.7. The number of primary amides is 1. The van der Waals surface area contributed by atoms with Crippen LogP contribution in [0.3, 0.4) is 0 Å². The first-order valence-corrected chi connectivity index (χ1v) is 13.7. The molecule has 0 spiro atoms. The Hall–Kier alpha value is -5.24. The Morgan fingerprint density at radius 2 is 1.67 bits per heavy atom. The van der Waals surface area contributed by atoms with Crippen molar-refractivity contribution in [1.29, 1.82) is 0 Å². The third-order valence-electron chi connectivity index (χ3n) is 8.55. The highest BCUT2D eigenvalue weighted by Crippen LogP contribution is 2.54. The number of nitrogens with zero attached hydrogens (tertiary/aromatic N) is 2. The number of imide groups is 1. The maximum absolute atomic E-state index is 14.1. The largest absolute Gasteiger partial charge is 0.497 e. The van der Waals surface area contributed by atoms with Crippen molar-refractivity contribution >= 4 is 40.0 Å². The molecule has 0 radical (unpaired) electrons. The molecule has 4 aromatic carbocycles. The van der Waals surface area contributed by atoms with Crippen LogP contribution in [0.1, 0.15) is 28.2 Å². The predicted molar refractivity (Wildman–Crippen MR) is 158 cm³/mol. The molecule has 3 aliphatic rings. The summed E-state index contributed by atoms with van der Waals surface area (Å²) >= 11 is 0. The van der Waals surface area contributed by atoms with Crippen molar-refractivity contribution in [1.82, 2.24) is 5.01 Å². The van der Waals surface area contributed by atoms with Crippen LogP contribution in [-0.4, -0.2) is 35.7 Å². The number of nitrogens with two attached hydrogens (primary N) is 1. The second-order valence-corrected chi connectivity index (χ2v) is 10.9. The van der Waals surface area contributed by atoms with Crippen molar-refractivity contribution < 1.29 is 23.9 Å². The van der Waals surface area contributed by atoms with Gasteiger partial charge in [0.15, 0.2) is 0 Å². The standard InChI is InChI=1S/C34H27N3O5/c1-18-7-9-21(10-8-18)30-29-27(32(38)37(36-30)34(35)40)25(20-11-14-22(41-2)15-12-20)17-26-24-16-13-19-5-3-4-6-23(19)31(24)42-33(39)28(26)29/h3-17,25,27-29H,1-2H3,(H2,35,40). The fourth-order valence-corrected chi connectivity index (χ4v) is 6.56. The third kappa shape index (κ3) is 3.90. The topological polar surface area (TPSA) is 111 Å². The Morgan fingerprint density at radius 1 is 0.929 bits per heavy atom. The van der Waals surface area contributed by atoms with Crippen LogP contribution in [0.5, 0.6) is 11.5 Å². The number of urea groups is 1. The number of rotatable bonds is 3. The lowest BCUT2D eigenvalue weighted by Crippen LogP contribution is -2.55. The summed E-state index contributed by atoms with van der Waals surface area (Å²) in [6.45, 7) is 1.97. The normalized spacial score (nSPS) is 22.8. The number of hydrogen-bond donors (Lipinski definition) is 1. The summed E-state index contributed by atoms with van der Waals surface area (Å²) in [5, 5.41) is 7.03. The maximum Gasteiger partial charge on any atom is 0.342 e. The SMILES string of the molecule is COc1ccc(C2C=C3c4ccc5ccccc5c4OC(=O)C3C3C(c4ccc(C)cc4)=NN(C(N)=O)C(=O)C23)cc1. The Kier molecular flexibility index (Phi) is 5.93. The zero-order valence-corrected chi connectivity index (χ0v) is 23.0. The minimum absolute atomic E-state index is 0.439. The number of hydrogen-bond acceptors (Lipinski definition) is 6. The number of amides is 3. The van der Waals surface area contributed by atoms with Gasteiger partial charge >= 0.3 is 12.0 Å². The molecule has 8 heteroatoms. The molecule has 3 amide bonds. The lowest BCUT2D eigenvalue weighted by molar-refractivity contribution is -0.142. The van der Waals surface area contributed by atoms with E-state index in [1.165, 1.54) is 0 Å². The van der Waals surface area contributed by atoms with Gasteiger partial charge in [0.2, 0.25) is 0 Å². The number of methoxy groups -OCH3 is 1. The van der Waals surface area contributed by atoms with Gasteiger partial charge < -0.3 is 15.2 Å². The molecule has 2 N–H and O–H groups in total. The molecule has 7 rings (SSSR count). The van der Waals surface area contributed by atoms with Crippen LogP contribution in [0.4, 0.5) is 4.79 Å². The van der Waals surface area contributed by atoms with E-state index in [1.54, 1.807) is 7.11 Å². The summed E-state index contributed by atoms with van der Waals surface area (Å²) in [5.74, 6) is -2.73. The Labute approximate surface area is 242 Å². The van der Waals surface area contributed by atoms with Crippen molar-refractivity contribution in [3.05, 3.63) is 113 Å². The van der Waals surface area contributed by atoms with Gasteiger partial charge in [-0.25, -0.2) is 4.79 Å². The number of aryl methyl sites for hydroxylation is 1. The van der Waals surface area contributed by atoms with Gasteiger partial charge in [-0.15, -0.1) is 5.01 Å². The van der Waals surface area contributed by atoms with Gasteiger partial charge in [-0.05, 0) is 41.1 Å². The molecule has 0 fully saturated rings. The zero-order chi connectivity index (χ0) is 29.1. The summed E-state index contributed by atoms with van der Waals surface area (Å²) in [7, 11) is 1.59. The number of carbonyl (C=O) groups excluding carboxylic acids is 3. The van der Waals surface area contributed by atoms with E-state index in [0.29, 0.717) is 22.8 Å². The van der Waals surface area contributed by atoms with Crippen LogP contribution in [-0.2, 0) is 9.59 Å². The summed E-state index contributed by atoms with van der Waals surface area (Å²) < 4.78 is 11.5. The number of allylic oxidation sites excluding steroid dienone is 1. The van der Waals surface area contributed by atoms with Crippen molar-refractivity contribution in [2.24, 2.45) is 28.6 Å². The molecule has 4 atom stereocenters. The monoisotopic (exact) mass is 557 g/mol. The molecule has 4 unspecified atom stereocenters. The van der Waals surface area contributed by atoms with Gasteiger partial charge in [-0.1, -0.05) is 84.4 Å². The fourth-order valence-electron chi connectivity index (χ4n) is 6.56. The minimum Gasteiger partial charge on any atom is -0.497 e. The molecule has 0 saturated carbocycles. The number of fused-ring (bicyclic) bond motifs is 7. The number of ether oxygens (including phenoxy) is 2. The van der Waals surface area contributed by atoms with E-state index in [4.69, 9.17) is 15.2 Å². The summed E-state index contributed by atoms with van der Waals surface area (Å²) in [6.07, 6.45) is 1.98. The van der Waals surface area contributed by atoms with Gasteiger partial charge in [0, 0.05) is 22.8 Å². The number of benzene rings is 4. The molecule has 4 aromatic rings. The molecule has 1 aliphatic carbocycles. The van der Waals surface area contributed by atoms with Crippen LogP contribution >= 0.6 is 0 Å². The lowest BCUT2D eigenvalue weighted by atomic mass is 9.60. The molecule has 0 bridgehead atoms. The average molecular weight is 558 g/mol. The Bertz CT molecular complexity index is 1840. The van der Waals surface area contributed by atoms with Gasteiger partial charge in [0.1, 0.15) is 11.5 Å². The van der Waals surface area contributed by atoms with Gasteiger partial charge in [-0.3, -0.25) is 9.59 Å². The van der Waals surface area contributed by atoms with Gasteiger partial charge in [0.25, 0.3) is 5.91 Å². The lowest BCUT2D eigenvalue weighted by Gasteiger charge is -2.46. The van der Waals surface area contributed by atoms with Crippen LogP contribution in [0.15, 0.2) is 96.1 Å². The summed E-state index contributed by atoms with van der Waals surface area (Å²) in [5.41, 5.74) is 10.2. The molecule has 2 aliphatic heterocycles. The molecule has 42 heavy (non-hydrogen) atoms. The molecule has 8 nitrogen and oxygen atoms in total. The highest BCUT2D eigenvalue weighted by atomic mass is 16.5. The smallest absolute Gasteiger partial charge is 0.342 e. The third-order valence-corrected chi connectivity index (χ3v) is 8.55. The van der Waals surface area contributed by atoms with E-state index in [1.807, 2.05) is 97.9 Å². The highest BCUT2D eigenvalue weighted by molar-refractivity contribution is 6.15. The molecular weight excluding hydrogens is 530 g/mol. The van der Waals surface area contributed by atoms with Gasteiger partial charge in [-0.2, -0.15) is 5.10 Å². The van der Waals surface area contributed by atoms with Crippen LogP contribution in [0.2, 0.25) is 0 Å². The Morgan fingerprint density at radius 3 is 2.38 bits per heavy atom. The first kappa shape index (κ1) is 25.7. The molecule has 0 aromatic heterocycles. The second kappa shape index (κ2) is 9.69. The first-order chi connectivity index (χ1) is 20.4. The zero-order valence-electron chi connectivity index (χ0n) is 23.0. The second-order valence-electron chi connectivity index (χ2n) is 10.9. The van der Waals surface area contributed by atoms with Crippen LogP contribution in [0.25, 0.3) is 16.3 Å². The predicted octanol–water partition coefficient (Wildman–Crippen LogP) is 5.43. The maximum atomic E-state index is 14.1. The fraction of sp³-hybridized carbons (Fsp3) is 0.176. The number of hydrazone groups is 1. The molecule has 0 saturated heterocycles. The summed E-state index contributed by atoms with van der Waals surface area (Å²) in [4.78, 5) is 40.6. The van der Waals surface area contributed by atoms with Crippen molar-refractivity contribution in [2.75, 3.05) is 7.11 Å². The Balaban J connectivity index is 1.50. The van der Waals surface area contributed by atoms with Gasteiger partial charge in [0.05, 0.1) is 24.7 Å². The van der Waals surface area contributed by atoms with E-state index in [-0.39, 0.29) is 0 Å². The van der Waals surface area contributed by atoms with E-state index >= 15 is 0 Å². The van der Waals surface area contributed by atoms with Crippen LogP contribution in [0, 0.1) is 24.7 Å². The summed E-state index contributed by atoms with van der Waals surface area (Å²) in [6, 6.07) is 25.9. The molecule has 2 heterocycles. The number of esters is 1. The molecule has 208 valence electrons. The quantitative estimate of drug-likeness (QED) is 0.267. The van der Waals surface area contributed by atoms with E-state index < -0.39 is 41.6 Å². The number of carbonyl (C=O) groups is 3. The van der Waals surface area contributed by atoms with Crippen molar-refractivity contribution in [3.8, 4) is 11.5 Å². The van der Waals surface area contributed by atoms with E-state index in [0.717, 1.165) is 38.0 Å². The molecular formula is C34H27N3O5. The minimum atomic E-state index is -0.977. The van der Waals surface area contributed by atoms with Crippen LogP contribution < -0.4 is 15.2 Å².